The minimum atomic E-state index is -0.608. The molecular weight excluding hydrogens is 354 g/mol. The van der Waals surface area contributed by atoms with Crippen molar-refractivity contribution in [1.82, 2.24) is 15.1 Å². The second-order valence-corrected chi connectivity index (χ2v) is 8.02. The van der Waals surface area contributed by atoms with E-state index < -0.39 is 12.1 Å². The highest BCUT2D eigenvalue weighted by Gasteiger charge is 2.44. The summed E-state index contributed by atoms with van der Waals surface area (Å²) in [7, 11) is 0. The van der Waals surface area contributed by atoms with Crippen LogP contribution in [0.4, 0.5) is 0 Å². The van der Waals surface area contributed by atoms with Crippen LogP contribution < -0.4 is 5.32 Å². The third-order valence-corrected chi connectivity index (χ3v) is 5.60. The van der Waals surface area contributed by atoms with E-state index >= 15 is 0 Å². The fourth-order valence-corrected chi connectivity index (χ4v) is 4.20. The highest BCUT2D eigenvalue weighted by atomic mass is 16.2. The van der Waals surface area contributed by atoms with Gasteiger partial charge in [-0.1, -0.05) is 50.2 Å². The molecule has 6 heteroatoms. The Morgan fingerprint density at radius 1 is 1.11 bits per heavy atom. The van der Waals surface area contributed by atoms with Crippen LogP contribution >= 0.6 is 0 Å². The number of benzene rings is 2. The lowest BCUT2D eigenvalue weighted by atomic mass is 9.96. The normalized spacial score (nSPS) is 22.4. The molecule has 0 unspecified atom stereocenters. The zero-order chi connectivity index (χ0) is 19.8. The number of carbonyl (C=O) groups excluding carboxylic acids is 3. The standard InChI is InChI=1S/C22H25N3O3/c1-14(2)12-18-22(28)25-11-10-24(13-19(25)20(26)23-18)21(27)17-9-5-7-15-6-3-4-8-16(15)17/h3-9,14,18-19H,10-13H2,1-2H3,(H,23,26)/t18-,19+/m0/s1. The van der Waals surface area contributed by atoms with E-state index in [9.17, 15) is 14.4 Å². The molecule has 2 aliphatic rings. The zero-order valence-corrected chi connectivity index (χ0v) is 16.2. The Hall–Kier alpha value is -2.89. The molecule has 3 amide bonds. The van der Waals surface area contributed by atoms with Crippen LogP contribution in [0, 0.1) is 5.92 Å². The van der Waals surface area contributed by atoms with E-state index in [0.29, 0.717) is 31.0 Å². The number of fused-ring (bicyclic) bond motifs is 2. The van der Waals surface area contributed by atoms with Gasteiger partial charge in [0.2, 0.25) is 11.8 Å². The molecular formula is C22H25N3O3. The van der Waals surface area contributed by atoms with E-state index in [1.54, 1.807) is 9.80 Å². The maximum atomic E-state index is 13.2. The quantitative estimate of drug-likeness (QED) is 0.887. The fraction of sp³-hybridized carbons (Fsp3) is 0.409. The van der Waals surface area contributed by atoms with Crippen molar-refractivity contribution in [2.45, 2.75) is 32.4 Å². The highest BCUT2D eigenvalue weighted by Crippen LogP contribution is 2.24. The molecule has 146 valence electrons. The molecule has 2 aromatic carbocycles. The van der Waals surface area contributed by atoms with E-state index in [-0.39, 0.29) is 24.3 Å². The first-order valence-corrected chi connectivity index (χ1v) is 9.83. The molecule has 0 aromatic heterocycles. The molecule has 2 aromatic rings. The summed E-state index contributed by atoms with van der Waals surface area (Å²) < 4.78 is 0. The minimum absolute atomic E-state index is 0.0319. The molecule has 0 saturated carbocycles. The first kappa shape index (κ1) is 18.5. The molecule has 0 bridgehead atoms. The van der Waals surface area contributed by atoms with Crippen molar-refractivity contribution in [3.8, 4) is 0 Å². The number of carbonyl (C=O) groups is 3. The van der Waals surface area contributed by atoms with Gasteiger partial charge in [-0.25, -0.2) is 0 Å². The Morgan fingerprint density at radius 2 is 1.86 bits per heavy atom. The molecule has 6 nitrogen and oxygen atoms in total. The summed E-state index contributed by atoms with van der Waals surface area (Å²) in [5.41, 5.74) is 0.631. The Labute approximate surface area is 164 Å². The Balaban J connectivity index is 1.55. The van der Waals surface area contributed by atoms with Crippen molar-refractivity contribution in [3.63, 3.8) is 0 Å². The molecule has 4 rings (SSSR count). The smallest absolute Gasteiger partial charge is 0.254 e. The number of rotatable bonds is 3. The molecule has 1 N–H and O–H groups in total. The number of nitrogens with zero attached hydrogens (tertiary/aromatic N) is 2. The molecule has 0 spiro atoms. The van der Waals surface area contributed by atoms with Crippen LogP contribution in [-0.2, 0) is 9.59 Å². The summed E-state index contributed by atoms with van der Waals surface area (Å²) in [5, 5.41) is 4.77. The van der Waals surface area contributed by atoms with Crippen LogP contribution in [0.5, 0.6) is 0 Å². The average Bonchev–Trinajstić information content (AvgIpc) is 2.70. The van der Waals surface area contributed by atoms with Crippen molar-refractivity contribution < 1.29 is 14.4 Å². The van der Waals surface area contributed by atoms with Gasteiger partial charge in [-0.3, -0.25) is 14.4 Å². The third kappa shape index (κ3) is 3.23. The molecule has 0 radical (unpaired) electrons. The minimum Gasteiger partial charge on any atom is -0.342 e. The highest BCUT2D eigenvalue weighted by molar-refractivity contribution is 6.07. The molecule has 0 aliphatic carbocycles. The van der Waals surface area contributed by atoms with Gasteiger partial charge in [-0.05, 0) is 29.2 Å². The van der Waals surface area contributed by atoms with Crippen molar-refractivity contribution >= 4 is 28.5 Å². The second kappa shape index (κ2) is 7.26. The molecule has 28 heavy (non-hydrogen) atoms. The van der Waals surface area contributed by atoms with Crippen LogP contribution in [0.25, 0.3) is 10.8 Å². The zero-order valence-electron chi connectivity index (χ0n) is 16.2. The summed E-state index contributed by atoms with van der Waals surface area (Å²) >= 11 is 0. The van der Waals surface area contributed by atoms with Gasteiger partial charge in [0.1, 0.15) is 12.1 Å². The van der Waals surface area contributed by atoms with Crippen LogP contribution in [0.15, 0.2) is 42.5 Å². The second-order valence-electron chi connectivity index (χ2n) is 8.02. The molecule has 2 heterocycles. The fourth-order valence-electron chi connectivity index (χ4n) is 4.20. The van der Waals surface area contributed by atoms with E-state index in [2.05, 4.69) is 5.32 Å². The number of nitrogens with one attached hydrogen (secondary N) is 1. The van der Waals surface area contributed by atoms with E-state index in [4.69, 9.17) is 0 Å². The average molecular weight is 379 g/mol. The molecule has 2 aliphatic heterocycles. The van der Waals surface area contributed by atoms with Gasteiger partial charge in [-0.2, -0.15) is 0 Å². The van der Waals surface area contributed by atoms with Crippen LogP contribution in [0.1, 0.15) is 30.6 Å². The summed E-state index contributed by atoms with van der Waals surface area (Å²) in [6.07, 6.45) is 0.631. The molecule has 2 atom stereocenters. The summed E-state index contributed by atoms with van der Waals surface area (Å²) in [6, 6.07) is 12.4. The summed E-state index contributed by atoms with van der Waals surface area (Å²) in [6.45, 7) is 5.13. The Morgan fingerprint density at radius 3 is 2.64 bits per heavy atom. The van der Waals surface area contributed by atoms with Crippen molar-refractivity contribution in [2.75, 3.05) is 19.6 Å². The van der Waals surface area contributed by atoms with Crippen molar-refractivity contribution in [3.05, 3.63) is 48.0 Å². The lowest BCUT2D eigenvalue weighted by molar-refractivity contribution is -0.152. The van der Waals surface area contributed by atoms with Gasteiger partial charge in [0.15, 0.2) is 0 Å². The number of hydrogen-bond donors (Lipinski definition) is 1. The van der Waals surface area contributed by atoms with Crippen LogP contribution in [0.3, 0.4) is 0 Å². The van der Waals surface area contributed by atoms with E-state index in [0.717, 1.165) is 10.8 Å². The van der Waals surface area contributed by atoms with Gasteiger partial charge in [0, 0.05) is 18.7 Å². The lowest BCUT2D eigenvalue weighted by Crippen LogP contribution is -2.69. The topological polar surface area (TPSA) is 69.7 Å². The maximum Gasteiger partial charge on any atom is 0.254 e. The summed E-state index contributed by atoms with van der Waals surface area (Å²) in [4.78, 5) is 41.9. The first-order chi connectivity index (χ1) is 13.5. The largest absolute Gasteiger partial charge is 0.342 e. The Bertz CT molecular complexity index is 934. The van der Waals surface area contributed by atoms with Crippen LogP contribution in [-0.4, -0.2) is 59.2 Å². The monoisotopic (exact) mass is 379 g/mol. The SMILES string of the molecule is CC(C)C[C@@H]1NC(=O)[C@H]2CN(C(=O)c3cccc4ccccc34)CCN2C1=O. The predicted octanol–water partition coefficient (Wildman–Crippen LogP) is 2.04. The molecule has 2 fully saturated rings. The number of hydrogen-bond acceptors (Lipinski definition) is 3. The number of piperazine rings is 2. The first-order valence-electron chi connectivity index (χ1n) is 9.83. The van der Waals surface area contributed by atoms with Gasteiger partial charge in [0.25, 0.3) is 5.91 Å². The van der Waals surface area contributed by atoms with Crippen LogP contribution in [0.2, 0.25) is 0 Å². The predicted molar refractivity (Wildman–Crippen MR) is 107 cm³/mol. The maximum absolute atomic E-state index is 13.2. The lowest BCUT2D eigenvalue weighted by Gasteiger charge is -2.45. The Kier molecular flexibility index (Phi) is 4.79. The number of amides is 3. The van der Waals surface area contributed by atoms with Gasteiger partial charge in [0.05, 0.1) is 6.54 Å². The van der Waals surface area contributed by atoms with Crippen molar-refractivity contribution in [2.24, 2.45) is 5.92 Å². The van der Waals surface area contributed by atoms with Gasteiger partial charge < -0.3 is 15.1 Å². The van der Waals surface area contributed by atoms with Crippen molar-refractivity contribution in [1.29, 1.82) is 0 Å². The van der Waals surface area contributed by atoms with E-state index in [1.807, 2.05) is 56.3 Å². The van der Waals surface area contributed by atoms with Gasteiger partial charge in [-0.15, -0.1) is 0 Å². The van der Waals surface area contributed by atoms with Gasteiger partial charge >= 0.3 is 0 Å². The van der Waals surface area contributed by atoms with E-state index in [1.165, 1.54) is 0 Å². The third-order valence-electron chi connectivity index (χ3n) is 5.60. The summed E-state index contributed by atoms with van der Waals surface area (Å²) in [5.74, 6) is 0.0252. The molecule has 2 saturated heterocycles.